The van der Waals surface area contributed by atoms with Gasteiger partial charge in [-0.2, -0.15) is 0 Å². The molecule has 0 radical (unpaired) electrons. The SMILES string of the molecule is [2H]c1c([2H])c([C@@H]2C([2H])([2H])[C@@]2([2H])Nc2nc(SCCC)nc3c2nnn3[C@@H]2C[C@H](OCCO)[C@@H](O)[C@H]2O)c([2H])c(F)c1C.[2H]c1c([2H])c([C@@H]2C[C@@]2([2H])Nc2nc(SC([2H])([2H])C([2H])([2H])C)nc3c2nnn3[C@@H]2C[C@H](OC([2H])([2H])C([2H])([2H])O)[C@@H](O)[C@H]2O)c([2H])c(F)c1C.[2H]c1c([2H])c([C@@H]2C[C@@]2([2H])Nc2nc(SC([2H])([2H])C([2H])([2H])C)nc3c2nnn3[C@@H]2C[C@H](OC([2H])([2H])CO)[C@@H](O)[C@H]2O)c([2H])c(F)c1C.[2H]c1c([2H])c([C@@H]2C[C@@]2([2H])Nc2nc(SC([2H])([2H])C([2H])([2H])C)nc3c2nnn3[C@@H]2C[C@H](OCC([2H])([2H])O)[C@@H](O)[C@H]2O)c([2H])c(F)c1C. The van der Waals surface area contributed by atoms with Crippen molar-refractivity contribution in [2.24, 2.45) is 0 Å². The number of thioether (sulfide) groups is 4. The zero-order valence-electron chi connectivity index (χ0n) is 115. The molecule has 8 aromatic heterocycles. The monoisotopic (exact) mass is 2110 g/mol. The van der Waals surface area contributed by atoms with Gasteiger partial charge >= 0.3 is 0 Å². The summed E-state index contributed by atoms with van der Waals surface area (Å²) in [5.74, 6) is -8.29. The number of hydrogen-bond donors (Lipinski definition) is 16. The van der Waals surface area contributed by atoms with Gasteiger partial charge in [0.2, 0.25) is 0 Å². The minimum absolute atomic E-state index is 0.0297. The van der Waals surface area contributed by atoms with Gasteiger partial charge in [-0.3, -0.25) is 0 Å². The molecule has 0 bridgehead atoms. The van der Waals surface area contributed by atoms with E-state index >= 15 is 0 Å². The maximum absolute atomic E-state index is 14.7. The number of halogens is 4. The highest BCUT2D eigenvalue weighted by atomic mass is 32.2. The lowest BCUT2D eigenvalue weighted by atomic mass is 10.1. The van der Waals surface area contributed by atoms with Crippen LogP contribution in [0.3, 0.4) is 0 Å². The van der Waals surface area contributed by atoms with E-state index < -0.39 is 329 Å². The minimum atomic E-state index is -3.47. The molecule has 48 heteroatoms. The molecule has 12 aromatic rings. The van der Waals surface area contributed by atoms with Gasteiger partial charge in [0.15, 0.2) is 88.6 Å². The molecule has 776 valence electrons. The summed E-state index contributed by atoms with van der Waals surface area (Å²) in [7, 11) is 0. The molecule has 0 aliphatic heterocycles. The molecule has 16 N–H and O–H groups in total. The maximum atomic E-state index is 14.7. The summed E-state index contributed by atoms with van der Waals surface area (Å²) in [5.41, 5.74) is -9.90. The Labute approximate surface area is 897 Å². The fourth-order valence-corrected chi connectivity index (χ4v) is 18.5. The minimum Gasteiger partial charge on any atom is -0.394 e. The van der Waals surface area contributed by atoms with Gasteiger partial charge in [0, 0.05) is 115 Å². The maximum Gasteiger partial charge on any atom is 0.191 e. The van der Waals surface area contributed by atoms with E-state index in [0.29, 0.717) is 29.3 Å². The van der Waals surface area contributed by atoms with Crippen molar-refractivity contribution in [3.8, 4) is 0 Å². The molecule has 0 unspecified atom stereocenters. The Morgan fingerprint density at radius 2 is 0.674 bits per heavy atom. The first-order valence-electron chi connectivity index (χ1n) is 63.9. The van der Waals surface area contributed by atoms with Crippen molar-refractivity contribution >= 4 is 115 Å². The quantitative estimate of drug-likeness (QED) is 0.00969. The van der Waals surface area contributed by atoms with Crippen LogP contribution in [0.25, 0.3) is 44.7 Å². The van der Waals surface area contributed by atoms with Crippen LogP contribution in [0.1, 0.15) is 249 Å². The summed E-state index contributed by atoms with van der Waals surface area (Å²) < 4.78 is 393. The number of hydrogen-bond acceptors (Lipinski definition) is 40. The van der Waals surface area contributed by atoms with Crippen molar-refractivity contribution in [1.29, 1.82) is 0 Å². The molecule has 24 atom stereocenters. The Kier molecular flexibility index (Phi) is 22.2. The normalized spacial score (nSPS) is 34.8. The van der Waals surface area contributed by atoms with Crippen LogP contribution >= 0.6 is 47.0 Å². The lowest BCUT2D eigenvalue weighted by Gasteiger charge is -2.17. The number of rotatable bonds is 40. The first-order valence-corrected chi connectivity index (χ1v) is 48.3. The van der Waals surface area contributed by atoms with E-state index in [-0.39, 0.29) is 197 Å². The Bertz CT molecular complexity index is 8440. The molecular formula is C96H124F4N24O16S4. The molecular weight excluding hydrogens is 1950 g/mol. The van der Waals surface area contributed by atoms with Gasteiger partial charge in [-0.05, 0) is 148 Å². The molecule has 8 aliphatic carbocycles. The Morgan fingerprint density at radius 1 is 0.375 bits per heavy atom. The van der Waals surface area contributed by atoms with E-state index in [4.69, 9.17) is 76.1 Å². The van der Waals surface area contributed by atoms with Crippen molar-refractivity contribution < 1.29 is 150 Å². The summed E-state index contributed by atoms with van der Waals surface area (Å²) >= 11 is 2.21. The van der Waals surface area contributed by atoms with Gasteiger partial charge < -0.3 is 101 Å². The van der Waals surface area contributed by atoms with Crippen LogP contribution in [0, 0.1) is 51.0 Å². The van der Waals surface area contributed by atoms with E-state index in [1.165, 1.54) is 44.1 Å². The van der Waals surface area contributed by atoms with Crippen LogP contribution in [0.15, 0.2) is 93.1 Å². The number of nitrogens with one attached hydrogen (secondary N) is 4. The molecule has 8 saturated carbocycles. The summed E-state index contributed by atoms with van der Waals surface area (Å²) in [6.07, 6.45) is -26.6. The topological polar surface area (TPSA) is 554 Å². The van der Waals surface area contributed by atoms with Crippen molar-refractivity contribution in [2.45, 2.75) is 298 Å². The van der Waals surface area contributed by atoms with Gasteiger partial charge in [-0.1, -0.05) is 144 Å². The number of ether oxygens (including phenoxy) is 4. The molecule has 144 heavy (non-hydrogen) atoms. The summed E-state index contributed by atoms with van der Waals surface area (Å²) in [6.45, 7) is -3.99. The number of aliphatic hydroxyl groups is 12. The van der Waals surface area contributed by atoms with Gasteiger partial charge in [0.1, 0.15) is 72.1 Å². The third kappa shape index (κ3) is 23.8. The van der Waals surface area contributed by atoms with E-state index in [1.54, 1.807) is 0 Å². The van der Waals surface area contributed by atoms with E-state index in [2.05, 4.69) is 102 Å². The third-order valence-electron chi connectivity index (χ3n) is 24.2. The number of anilines is 4. The number of aliphatic hydroxyl groups excluding tert-OH is 10. The predicted octanol–water partition coefficient (Wildman–Crippen LogP) is 8.73. The highest BCUT2D eigenvalue weighted by molar-refractivity contribution is 7.99. The molecule has 0 spiro atoms. The molecule has 4 aromatic carbocycles. The second kappa shape index (κ2) is 47.3. The van der Waals surface area contributed by atoms with Crippen molar-refractivity contribution in [2.75, 3.05) is 96.8 Å². The lowest BCUT2D eigenvalue weighted by Crippen LogP contribution is -2.33. The number of aromatic nitrogens is 20. The van der Waals surface area contributed by atoms with Gasteiger partial charge in [-0.15, -0.1) is 20.4 Å². The van der Waals surface area contributed by atoms with E-state index in [9.17, 15) is 73.7 Å². The number of nitrogens with zero attached hydrogens (tertiary/aromatic N) is 20. The fraction of sp³-hybridized carbons (Fsp3) is 0.583. The highest BCUT2D eigenvalue weighted by Crippen LogP contribution is 2.50. The Hall–Kier alpha value is -9.52. The average Bonchev–Trinajstić information content (AvgIpc) is 1.50. The standard InChI is InChI=1S/4C24H31FN6O4S/c4*1-3-8-36-24-27-22(26-16-10-14(16)13-5-4-12(2)15(25)9-13)19-23(28-24)31(30-29-19)17-11-18(35-7-6-32)21(34)20(17)33/h4*4-5,9,14,16-18,20-21,32-34H,3,6-8,10-11H2,1-2H3,(H,26,27,28)/t4*14-,16+,17+,18-,20-,21+/m0000/s1/i3D2,4D,5D,6D2,7D2,8D2,9D,16D;3D2,4D,5D,7D2,8D2,9D,16D;3D2,4D,5D,6D2,8D2,9D,16D;4D,5D,9D,10D2,16D. The molecule has 8 fully saturated rings. The lowest BCUT2D eigenvalue weighted by molar-refractivity contribution is -0.0629. The van der Waals surface area contributed by atoms with Crippen LogP contribution in [-0.4, -0.2) is 334 Å². The zero-order valence-corrected chi connectivity index (χ0v) is 80.6. The highest BCUT2D eigenvalue weighted by Gasteiger charge is 2.51. The first-order chi connectivity index (χ1) is 83.8. The van der Waals surface area contributed by atoms with Gasteiger partial charge in [0.05, 0.1) is 134 Å². The number of fused-ring (bicyclic) bond motifs is 4. The molecule has 0 saturated heterocycles. The van der Waals surface area contributed by atoms with Crippen LogP contribution < -0.4 is 21.3 Å². The van der Waals surface area contributed by atoms with Gasteiger partial charge in [0.25, 0.3) is 0 Å². The largest absolute Gasteiger partial charge is 0.394 e. The summed E-state index contributed by atoms with van der Waals surface area (Å²) in [5, 5.41) is 166. The molecule has 0 amide bonds. The zero-order chi connectivity index (χ0) is 135. The Balaban J connectivity index is 0.000000160. The van der Waals surface area contributed by atoms with Crippen molar-refractivity contribution in [3.63, 3.8) is 0 Å². The summed E-state index contributed by atoms with van der Waals surface area (Å²) in [6, 6.07) is -17.6. The van der Waals surface area contributed by atoms with E-state index in [1.807, 2.05) is 6.92 Å². The smallest absolute Gasteiger partial charge is 0.191 e. The van der Waals surface area contributed by atoms with Crippen LogP contribution in [-0.2, 0) is 18.9 Å². The van der Waals surface area contributed by atoms with Crippen LogP contribution in [0.5, 0.6) is 0 Å². The predicted molar refractivity (Wildman–Crippen MR) is 530 cm³/mol. The van der Waals surface area contributed by atoms with E-state index in [0.717, 1.165) is 41.2 Å². The second-order valence-corrected chi connectivity index (χ2v) is 37.2. The third-order valence-corrected chi connectivity index (χ3v) is 27.3. The molecule has 8 heterocycles. The molecule has 8 aliphatic rings. The van der Waals surface area contributed by atoms with Crippen LogP contribution in [0.2, 0.25) is 0 Å². The Morgan fingerprint density at radius 3 is 0.972 bits per heavy atom. The summed E-state index contributed by atoms with van der Waals surface area (Å²) in [4.78, 5) is 34.7. The fourth-order valence-electron chi connectivity index (χ4n) is 16.4. The van der Waals surface area contributed by atoms with Crippen molar-refractivity contribution in [1.82, 2.24) is 99.8 Å². The van der Waals surface area contributed by atoms with Gasteiger partial charge in [-0.25, -0.2) is 76.2 Å². The molecule has 20 rings (SSSR count). The first kappa shape index (κ1) is 67.4. The molecule has 40 nitrogen and oxygen atoms in total. The van der Waals surface area contributed by atoms with Crippen molar-refractivity contribution in [3.05, 3.63) is 140 Å². The number of benzene rings is 4. The second-order valence-electron chi connectivity index (χ2n) is 33.8. The average molecular weight is 2110 g/mol. The van der Waals surface area contributed by atoms with Crippen LogP contribution in [0.4, 0.5) is 40.8 Å².